The van der Waals surface area contributed by atoms with E-state index in [1.807, 2.05) is 6.20 Å². The van der Waals surface area contributed by atoms with Crippen LogP contribution in [0.25, 0.3) is 27.4 Å². The maximum absolute atomic E-state index is 7.03. The summed E-state index contributed by atoms with van der Waals surface area (Å²) in [4.78, 5) is 14.7. The molecule has 2 spiro atoms. The van der Waals surface area contributed by atoms with Gasteiger partial charge in [-0.15, -0.1) is 0 Å². The van der Waals surface area contributed by atoms with Gasteiger partial charge < -0.3 is 14.6 Å². The predicted molar refractivity (Wildman–Crippen MR) is 166 cm³/mol. The van der Waals surface area contributed by atoms with Crippen LogP contribution in [0.2, 0.25) is 0 Å². The number of nitrogens with one attached hydrogen (secondary N) is 1. The van der Waals surface area contributed by atoms with E-state index >= 15 is 0 Å². The minimum atomic E-state index is -0.231. The molecule has 0 amide bonds. The van der Waals surface area contributed by atoms with Crippen LogP contribution >= 0.6 is 0 Å². The molecule has 7 heterocycles. The number of benzene rings is 1. The van der Waals surface area contributed by atoms with Crippen LogP contribution in [0.15, 0.2) is 66.9 Å². The molecule has 3 saturated heterocycles. The quantitative estimate of drug-likeness (QED) is 0.267. The number of hydrogen-bond donors (Lipinski definition) is 1. The summed E-state index contributed by atoms with van der Waals surface area (Å²) in [6, 6.07) is 11.9. The highest BCUT2D eigenvalue weighted by Gasteiger charge is 2.74. The van der Waals surface area contributed by atoms with E-state index in [1.165, 1.54) is 111 Å². The first kappa shape index (κ1) is 24.8. The second-order valence-electron chi connectivity index (χ2n) is 13.7. The minimum absolute atomic E-state index is 0.171. The normalized spacial score (nSPS) is 40.2. The lowest BCUT2D eigenvalue weighted by molar-refractivity contribution is -0.0138. The standard InChI is InChI=1S/C36H42N4O/c1-2-7-15-31-36(41-31)23-28(32-33-27(16-18-37-32)26-13-8-9-14-30(26)38-33)29-17-21-39(19-10-4-1)24-35(29)22-25-12-6-3-5-11-20-40(25)34(35)36/h2,6-9,12-14,16,18,23,25,29,31,34,38H,1,3-5,10-11,15,17,19-22,24H2/b7-2-,12-6-/t25-,29-,31+,34?,35-,36+/m0/s1. The molecule has 5 nitrogen and oxygen atoms in total. The van der Waals surface area contributed by atoms with E-state index in [4.69, 9.17) is 9.72 Å². The molecule has 5 heteroatoms. The van der Waals surface area contributed by atoms with Crippen LogP contribution in [0, 0.1) is 11.3 Å². The van der Waals surface area contributed by atoms with Crippen molar-refractivity contribution in [3.05, 3.63) is 72.6 Å². The Morgan fingerprint density at radius 2 is 1.83 bits per heavy atom. The van der Waals surface area contributed by atoms with Crippen LogP contribution in [0.4, 0.5) is 0 Å². The largest absolute Gasteiger partial charge is 0.360 e. The van der Waals surface area contributed by atoms with E-state index in [-0.39, 0.29) is 17.1 Å². The van der Waals surface area contributed by atoms with Gasteiger partial charge in [0.15, 0.2) is 0 Å². The van der Waals surface area contributed by atoms with E-state index in [0.717, 1.165) is 6.42 Å². The number of allylic oxidation sites excluding steroid dienone is 3. The number of aromatic nitrogens is 2. The molecule has 2 unspecified atom stereocenters. The molecule has 3 bridgehead atoms. The van der Waals surface area contributed by atoms with Gasteiger partial charge in [0.2, 0.25) is 0 Å². The molecule has 1 aliphatic carbocycles. The van der Waals surface area contributed by atoms with Crippen LogP contribution in [0.1, 0.15) is 63.5 Å². The Bertz CT molecular complexity index is 1580. The zero-order valence-electron chi connectivity index (χ0n) is 24.1. The number of piperidine rings is 1. The summed E-state index contributed by atoms with van der Waals surface area (Å²) in [5.41, 5.74) is 4.96. The summed E-state index contributed by atoms with van der Waals surface area (Å²) in [5, 5.41) is 2.58. The number of rotatable bonds is 1. The highest BCUT2D eigenvalue weighted by molar-refractivity contribution is 6.09. The average Bonchev–Trinajstić information content (AvgIpc) is 3.35. The Morgan fingerprint density at radius 3 is 2.80 bits per heavy atom. The van der Waals surface area contributed by atoms with Crippen molar-refractivity contribution in [2.45, 2.75) is 81.6 Å². The van der Waals surface area contributed by atoms with Gasteiger partial charge in [-0.2, -0.15) is 0 Å². The van der Waals surface area contributed by atoms with Gasteiger partial charge in [-0.05, 0) is 107 Å². The van der Waals surface area contributed by atoms with Crippen LogP contribution < -0.4 is 0 Å². The second-order valence-corrected chi connectivity index (χ2v) is 13.7. The van der Waals surface area contributed by atoms with Crippen LogP contribution in [0.3, 0.4) is 0 Å². The predicted octanol–water partition coefficient (Wildman–Crippen LogP) is 6.87. The number of fused-ring (bicyclic) bond motifs is 5. The lowest BCUT2D eigenvalue weighted by atomic mass is 9.55. The molecule has 0 saturated carbocycles. The first-order valence-corrected chi connectivity index (χ1v) is 16.3. The molecule has 2 aromatic heterocycles. The van der Waals surface area contributed by atoms with E-state index in [2.05, 4.69) is 75.5 Å². The summed E-state index contributed by atoms with van der Waals surface area (Å²) in [7, 11) is 0. The van der Waals surface area contributed by atoms with Crippen LogP contribution in [-0.2, 0) is 4.74 Å². The summed E-state index contributed by atoms with van der Waals surface area (Å²) >= 11 is 0. The summed E-state index contributed by atoms with van der Waals surface area (Å²) < 4.78 is 7.03. The molecule has 7 atom stereocenters. The summed E-state index contributed by atoms with van der Waals surface area (Å²) in [6.07, 6.45) is 25.9. The number of hydrogen-bond acceptors (Lipinski definition) is 4. The van der Waals surface area contributed by atoms with Crippen molar-refractivity contribution in [1.82, 2.24) is 19.8 Å². The molecular weight excluding hydrogens is 504 g/mol. The van der Waals surface area contributed by atoms with Crippen molar-refractivity contribution >= 4 is 27.4 Å². The molecule has 3 fully saturated rings. The first-order chi connectivity index (χ1) is 20.3. The summed E-state index contributed by atoms with van der Waals surface area (Å²) in [6.45, 7) is 4.80. The van der Waals surface area contributed by atoms with Crippen LogP contribution in [-0.4, -0.2) is 69.7 Å². The Morgan fingerprint density at radius 1 is 0.927 bits per heavy atom. The van der Waals surface area contributed by atoms with Crippen molar-refractivity contribution in [3.63, 3.8) is 0 Å². The number of aromatic amines is 1. The fourth-order valence-corrected chi connectivity index (χ4v) is 9.87. The molecule has 0 radical (unpaired) electrons. The van der Waals surface area contributed by atoms with Crippen molar-refractivity contribution in [2.75, 3.05) is 26.2 Å². The number of pyridine rings is 1. The lowest BCUT2D eigenvalue weighted by Crippen LogP contribution is -2.62. The van der Waals surface area contributed by atoms with E-state index in [0.29, 0.717) is 18.0 Å². The average molecular weight is 547 g/mol. The van der Waals surface area contributed by atoms with Gasteiger partial charge in [0, 0.05) is 40.5 Å². The van der Waals surface area contributed by atoms with E-state index in [1.54, 1.807) is 0 Å². The highest BCUT2D eigenvalue weighted by atomic mass is 16.6. The fraction of sp³-hybridized carbons (Fsp3) is 0.528. The van der Waals surface area contributed by atoms with Gasteiger partial charge in [-0.1, -0.05) is 42.5 Å². The van der Waals surface area contributed by atoms with Crippen LogP contribution in [0.5, 0.6) is 0 Å². The minimum Gasteiger partial charge on any atom is -0.360 e. The Balaban J connectivity index is 1.27. The van der Waals surface area contributed by atoms with Gasteiger partial charge >= 0.3 is 0 Å². The molecule has 9 rings (SSSR count). The molecule has 1 aromatic carbocycles. The second kappa shape index (κ2) is 9.39. The van der Waals surface area contributed by atoms with Crippen molar-refractivity contribution < 1.29 is 4.74 Å². The monoisotopic (exact) mass is 546 g/mol. The summed E-state index contributed by atoms with van der Waals surface area (Å²) in [5.74, 6) is 0.492. The van der Waals surface area contributed by atoms with Gasteiger partial charge in [0.25, 0.3) is 0 Å². The number of ether oxygens (including phenoxy) is 1. The number of epoxide rings is 1. The zero-order chi connectivity index (χ0) is 27.0. The number of H-pyrrole nitrogens is 1. The third kappa shape index (κ3) is 3.68. The number of para-hydroxylation sites is 1. The Kier molecular flexibility index (Phi) is 5.69. The molecule has 212 valence electrons. The molecule has 3 aromatic rings. The lowest BCUT2D eigenvalue weighted by Gasteiger charge is -2.55. The molecule has 6 aliphatic rings. The molecule has 41 heavy (non-hydrogen) atoms. The van der Waals surface area contributed by atoms with Crippen molar-refractivity contribution in [1.29, 1.82) is 0 Å². The molecule has 5 aliphatic heterocycles. The Hall–Kier alpha value is -2.73. The van der Waals surface area contributed by atoms with Gasteiger partial charge in [0.05, 0.1) is 23.4 Å². The maximum atomic E-state index is 7.03. The van der Waals surface area contributed by atoms with Gasteiger partial charge in [-0.3, -0.25) is 9.88 Å². The zero-order valence-corrected chi connectivity index (χ0v) is 24.1. The smallest absolute Gasteiger partial charge is 0.130 e. The topological polar surface area (TPSA) is 47.7 Å². The van der Waals surface area contributed by atoms with Crippen molar-refractivity contribution in [3.8, 4) is 0 Å². The van der Waals surface area contributed by atoms with E-state index in [9.17, 15) is 0 Å². The van der Waals surface area contributed by atoms with Crippen molar-refractivity contribution in [2.24, 2.45) is 11.3 Å². The SMILES string of the molecule is C1=C(c2nccc3c2[nH]c2ccccc23)[C@@H]2CCN3CCCC/C=C\C[C@H]4O[C@]14C1N4CCCC/C=C\[C@H]4C[C@@]12C3. The number of nitrogens with zero attached hydrogens (tertiary/aromatic N) is 3. The first-order valence-electron chi connectivity index (χ1n) is 16.3. The third-order valence-electron chi connectivity index (χ3n) is 11.5. The fourth-order valence-electron chi connectivity index (χ4n) is 9.87. The maximum Gasteiger partial charge on any atom is 0.130 e. The third-order valence-corrected chi connectivity index (χ3v) is 11.5. The molecular formula is C36H42N4O. The van der Waals surface area contributed by atoms with Gasteiger partial charge in [-0.25, -0.2) is 0 Å². The molecule has 1 N–H and O–H groups in total. The Labute approximate surface area is 243 Å². The van der Waals surface area contributed by atoms with E-state index < -0.39 is 0 Å². The highest BCUT2D eigenvalue weighted by Crippen LogP contribution is 2.66. The van der Waals surface area contributed by atoms with Gasteiger partial charge in [0.1, 0.15) is 5.60 Å².